The molecular formula is C18H30N4O2. The van der Waals surface area contributed by atoms with Crippen molar-refractivity contribution in [3.8, 4) is 0 Å². The van der Waals surface area contributed by atoms with Crippen LogP contribution in [0.25, 0.3) is 0 Å². The van der Waals surface area contributed by atoms with Gasteiger partial charge in [-0.3, -0.25) is 9.59 Å². The Kier molecular flexibility index (Phi) is 6.40. The summed E-state index contributed by atoms with van der Waals surface area (Å²) in [5, 5.41) is 5.89. The molecule has 0 bridgehead atoms. The van der Waals surface area contributed by atoms with Crippen LogP contribution in [-0.4, -0.2) is 34.0 Å². The molecule has 0 radical (unpaired) electrons. The van der Waals surface area contributed by atoms with E-state index in [-0.39, 0.29) is 17.9 Å². The molecule has 1 aromatic rings. The summed E-state index contributed by atoms with van der Waals surface area (Å²) < 4.78 is 1.93. The van der Waals surface area contributed by atoms with Crippen molar-refractivity contribution in [3.05, 3.63) is 17.2 Å². The van der Waals surface area contributed by atoms with E-state index in [1.165, 1.54) is 0 Å². The number of imidazole rings is 1. The molecule has 0 saturated heterocycles. The summed E-state index contributed by atoms with van der Waals surface area (Å²) in [6.45, 7) is 9.64. The number of aromatic nitrogens is 2. The number of amides is 2. The normalized spacial score (nSPS) is 15.0. The summed E-state index contributed by atoms with van der Waals surface area (Å²) in [6, 6.07) is 0.0948. The summed E-state index contributed by atoms with van der Waals surface area (Å²) in [5.74, 6) is 0.565. The molecule has 0 fully saturated rings. The minimum atomic E-state index is -0.186. The van der Waals surface area contributed by atoms with Crippen molar-refractivity contribution < 1.29 is 9.59 Å². The molecule has 2 rings (SSSR count). The number of carbonyl (C=O) groups excluding carboxylic acids is 2. The maximum atomic E-state index is 12.5. The summed E-state index contributed by atoms with van der Waals surface area (Å²) in [6.07, 6.45) is 4.65. The van der Waals surface area contributed by atoms with Gasteiger partial charge in [-0.2, -0.15) is 0 Å². The van der Waals surface area contributed by atoms with Gasteiger partial charge in [-0.05, 0) is 44.9 Å². The zero-order valence-corrected chi connectivity index (χ0v) is 15.3. The van der Waals surface area contributed by atoms with Gasteiger partial charge in [-0.1, -0.05) is 20.8 Å². The Morgan fingerprint density at radius 1 is 1.21 bits per heavy atom. The Morgan fingerprint density at radius 2 is 1.96 bits per heavy atom. The molecule has 1 atom stereocenters. The molecule has 1 unspecified atom stereocenters. The minimum absolute atomic E-state index is 0.0948. The number of nitrogens with one attached hydrogen (secondary N) is 2. The van der Waals surface area contributed by atoms with Gasteiger partial charge in [0.1, 0.15) is 5.69 Å². The lowest BCUT2D eigenvalue weighted by atomic mass is 10.1. The van der Waals surface area contributed by atoms with Gasteiger partial charge in [-0.25, -0.2) is 4.98 Å². The second-order valence-electron chi connectivity index (χ2n) is 7.06. The van der Waals surface area contributed by atoms with Crippen LogP contribution in [-0.2, 0) is 13.0 Å². The summed E-state index contributed by atoms with van der Waals surface area (Å²) in [7, 11) is 0. The van der Waals surface area contributed by atoms with E-state index in [1.807, 2.05) is 18.4 Å². The zero-order valence-electron chi connectivity index (χ0n) is 15.3. The first-order valence-electron chi connectivity index (χ1n) is 9.12. The van der Waals surface area contributed by atoms with Crippen LogP contribution in [0.2, 0.25) is 0 Å². The Balaban J connectivity index is 2.20. The van der Waals surface area contributed by atoms with E-state index in [2.05, 4.69) is 29.5 Å². The highest BCUT2D eigenvalue weighted by atomic mass is 16.2. The first-order valence-corrected chi connectivity index (χ1v) is 9.12. The second kappa shape index (κ2) is 8.31. The molecule has 2 heterocycles. The third kappa shape index (κ3) is 4.36. The van der Waals surface area contributed by atoms with Crippen molar-refractivity contribution in [1.82, 2.24) is 20.2 Å². The van der Waals surface area contributed by atoms with Gasteiger partial charge in [0.25, 0.3) is 11.8 Å². The van der Waals surface area contributed by atoms with Crippen LogP contribution in [0.3, 0.4) is 0 Å². The number of nitrogens with zero attached hydrogens (tertiary/aromatic N) is 2. The van der Waals surface area contributed by atoms with Crippen molar-refractivity contribution in [3.63, 3.8) is 0 Å². The first-order chi connectivity index (χ1) is 11.4. The lowest BCUT2D eigenvalue weighted by molar-refractivity contribution is 0.0923. The number of fused-ring (bicyclic) bond motifs is 1. The molecule has 134 valence electrons. The number of rotatable bonds is 7. The van der Waals surface area contributed by atoms with Gasteiger partial charge in [-0.15, -0.1) is 0 Å². The third-order valence-electron chi connectivity index (χ3n) is 4.53. The average Bonchev–Trinajstić information content (AvgIpc) is 2.94. The van der Waals surface area contributed by atoms with E-state index >= 15 is 0 Å². The second-order valence-corrected chi connectivity index (χ2v) is 7.06. The van der Waals surface area contributed by atoms with E-state index < -0.39 is 0 Å². The van der Waals surface area contributed by atoms with Crippen LogP contribution in [0, 0.1) is 5.92 Å². The molecule has 0 aliphatic carbocycles. The third-order valence-corrected chi connectivity index (χ3v) is 4.53. The largest absolute Gasteiger partial charge is 0.351 e. The van der Waals surface area contributed by atoms with Gasteiger partial charge >= 0.3 is 0 Å². The molecule has 2 N–H and O–H groups in total. The highest BCUT2D eigenvalue weighted by Gasteiger charge is 2.27. The molecule has 24 heavy (non-hydrogen) atoms. The van der Waals surface area contributed by atoms with Crippen molar-refractivity contribution in [2.45, 2.75) is 72.4 Å². The Morgan fingerprint density at radius 3 is 2.62 bits per heavy atom. The molecule has 0 saturated carbocycles. The fraction of sp³-hybridized carbons (Fsp3) is 0.722. The SMILES string of the molecule is CCC(C)NC(=O)c1nc(C(=O)NCCC(C)C)c2n1CCCC2. The van der Waals surface area contributed by atoms with Gasteiger partial charge < -0.3 is 15.2 Å². The molecule has 0 aromatic carbocycles. The van der Waals surface area contributed by atoms with Crippen LogP contribution >= 0.6 is 0 Å². The van der Waals surface area contributed by atoms with Crippen LogP contribution in [0.4, 0.5) is 0 Å². The van der Waals surface area contributed by atoms with Crippen LogP contribution in [0.5, 0.6) is 0 Å². The summed E-state index contributed by atoms with van der Waals surface area (Å²) >= 11 is 0. The molecule has 1 aliphatic rings. The molecule has 1 aromatic heterocycles. The maximum Gasteiger partial charge on any atom is 0.287 e. The van der Waals surface area contributed by atoms with Crippen molar-refractivity contribution in [2.24, 2.45) is 5.92 Å². The Hall–Kier alpha value is -1.85. The van der Waals surface area contributed by atoms with E-state index in [4.69, 9.17) is 0 Å². The van der Waals surface area contributed by atoms with E-state index in [9.17, 15) is 9.59 Å². The predicted octanol–water partition coefficient (Wildman–Crippen LogP) is 2.52. The van der Waals surface area contributed by atoms with Gasteiger partial charge in [0.2, 0.25) is 0 Å². The fourth-order valence-electron chi connectivity index (χ4n) is 2.85. The minimum Gasteiger partial charge on any atom is -0.351 e. The standard InChI is InChI=1S/C18H30N4O2/c1-5-13(4)20-18(24)16-21-15(14-8-6-7-11-22(14)16)17(23)19-10-9-12(2)3/h12-13H,5-11H2,1-4H3,(H,19,23)(H,20,24). The van der Waals surface area contributed by atoms with E-state index in [0.29, 0.717) is 24.0 Å². The number of carbonyl (C=O) groups is 2. The van der Waals surface area contributed by atoms with Crippen LogP contribution in [0.1, 0.15) is 80.2 Å². The molecule has 1 aliphatic heterocycles. The van der Waals surface area contributed by atoms with Gasteiger partial charge in [0, 0.05) is 19.1 Å². The lowest BCUT2D eigenvalue weighted by Crippen LogP contribution is -2.34. The summed E-state index contributed by atoms with van der Waals surface area (Å²) in [4.78, 5) is 29.4. The highest BCUT2D eigenvalue weighted by Crippen LogP contribution is 2.21. The number of hydrogen-bond donors (Lipinski definition) is 2. The van der Waals surface area contributed by atoms with Crippen molar-refractivity contribution in [1.29, 1.82) is 0 Å². The molecule has 2 amide bonds. The summed E-state index contributed by atoms with van der Waals surface area (Å²) in [5.41, 5.74) is 1.32. The lowest BCUT2D eigenvalue weighted by Gasteiger charge is -2.18. The molecule has 6 heteroatoms. The van der Waals surface area contributed by atoms with Crippen LogP contribution < -0.4 is 10.6 Å². The average molecular weight is 334 g/mol. The van der Waals surface area contributed by atoms with Crippen molar-refractivity contribution >= 4 is 11.8 Å². The van der Waals surface area contributed by atoms with E-state index in [1.54, 1.807) is 0 Å². The number of hydrogen-bond acceptors (Lipinski definition) is 3. The highest BCUT2D eigenvalue weighted by molar-refractivity contribution is 5.97. The Bertz CT molecular complexity index is 592. The maximum absolute atomic E-state index is 12.5. The van der Waals surface area contributed by atoms with Gasteiger partial charge in [0.15, 0.2) is 5.82 Å². The predicted molar refractivity (Wildman–Crippen MR) is 94.2 cm³/mol. The smallest absolute Gasteiger partial charge is 0.287 e. The van der Waals surface area contributed by atoms with Gasteiger partial charge in [0.05, 0.1) is 5.69 Å². The van der Waals surface area contributed by atoms with Crippen LogP contribution in [0.15, 0.2) is 0 Å². The fourth-order valence-corrected chi connectivity index (χ4v) is 2.85. The topological polar surface area (TPSA) is 76.0 Å². The molecule has 6 nitrogen and oxygen atoms in total. The zero-order chi connectivity index (χ0) is 17.7. The molecule has 0 spiro atoms. The van der Waals surface area contributed by atoms with E-state index in [0.717, 1.165) is 44.3 Å². The first kappa shape index (κ1) is 18.5. The quantitative estimate of drug-likeness (QED) is 0.804. The monoisotopic (exact) mass is 334 g/mol. The Labute approximate surface area is 144 Å². The molecular weight excluding hydrogens is 304 g/mol. The van der Waals surface area contributed by atoms with Crippen molar-refractivity contribution in [2.75, 3.05) is 6.54 Å².